The van der Waals surface area contributed by atoms with Gasteiger partial charge in [0, 0.05) is 34.6 Å². The second-order valence-corrected chi connectivity index (χ2v) is 14.1. The SMILES string of the molecule is CC(C)(C)NC(=O)[C@@H](Cc1ccccc1)N(Cc1ccc(Cl)cc1Cl)C(=O)CN(c1ccc2c(c1)OCCO2)S(C)(=O)=O. The summed E-state index contributed by atoms with van der Waals surface area (Å²) in [5.41, 5.74) is 1.00. The normalized spacial score (nSPS) is 13.6. The molecule has 0 unspecified atom stereocenters. The number of hydrogen-bond acceptors (Lipinski definition) is 6. The molecule has 0 radical (unpaired) electrons. The summed E-state index contributed by atoms with van der Waals surface area (Å²) < 4.78 is 38.3. The Morgan fingerprint density at radius 3 is 2.26 bits per heavy atom. The van der Waals surface area contributed by atoms with Crippen LogP contribution >= 0.6 is 23.2 Å². The van der Waals surface area contributed by atoms with E-state index in [2.05, 4.69) is 5.32 Å². The van der Waals surface area contributed by atoms with Gasteiger partial charge in [0.2, 0.25) is 21.8 Å². The van der Waals surface area contributed by atoms with Crippen LogP contribution < -0.4 is 19.1 Å². The molecule has 1 N–H and O–H groups in total. The number of rotatable bonds is 10. The molecular weight excluding hydrogens is 613 g/mol. The lowest BCUT2D eigenvalue weighted by atomic mass is 10.0. The van der Waals surface area contributed by atoms with Crippen molar-refractivity contribution in [2.24, 2.45) is 0 Å². The van der Waals surface area contributed by atoms with Crippen molar-refractivity contribution >= 4 is 50.7 Å². The zero-order chi connectivity index (χ0) is 31.4. The molecule has 9 nitrogen and oxygen atoms in total. The number of halogens is 2. The van der Waals surface area contributed by atoms with Gasteiger partial charge in [-0.3, -0.25) is 13.9 Å². The zero-order valence-corrected chi connectivity index (χ0v) is 26.8. The summed E-state index contributed by atoms with van der Waals surface area (Å²) in [6, 6.07) is 17.9. The molecule has 3 aromatic rings. The maximum Gasteiger partial charge on any atom is 0.244 e. The second-order valence-electron chi connectivity index (χ2n) is 11.3. The zero-order valence-electron chi connectivity index (χ0n) is 24.5. The molecule has 1 aliphatic heterocycles. The van der Waals surface area contributed by atoms with Crippen molar-refractivity contribution in [3.8, 4) is 11.5 Å². The molecule has 1 aliphatic rings. The Bertz CT molecular complexity index is 1580. The third kappa shape index (κ3) is 8.78. The molecule has 43 heavy (non-hydrogen) atoms. The van der Waals surface area contributed by atoms with Crippen LogP contribution in [-0.4, -0.2) is 62.7 Å². The topological polar surface area (TPSA) is 105 Å². The summed E-state index contributed by atoms with van der Waals surface area (Å²) in [6.07, 6.45) is 1.20. The van der Waals surface area contributed by atoms with E-state index in [4.69, 9.17) is 32.7 Å². The number of hydrogen-bond donors (Lipinski definition) is 1. The molecule has 0 fully saturated rings. The van der Waals surface area contributed by atoms with Gasteiger partial charge in [-0.25, -0.2) is 8.42 Å². The Morgan fingerprint density at radius 1 is 0.953 bits per heavy atom. The van der Waals surface area contributed by atoms with E-state index in [1.165, 1.54) is 11.0 Å². The minimum atomic E-state index is -3.95. The van der Waals surface area contributed by atoms with Crippen LogP contribution in [0.4, 0.5) is 5.69 Å². The predicted molar refractivity (Wildman–Crippen MR) is 168 cm³/mol. The Hall–Kier alpha value is -3.47. The highest BCUT2D eigenvalue weighted by molar-refractivity contribution is 7.92. The van der Waals surface area contributed by atoms with E-state index in [1.54, 1.807) is 30.3 Å². The first-order valence-corrected chi connectivity index (χ1v) is 16.3. The quantitative estimate of drug-likeness (QED) is 0.329. The molecule has 2 amide bonds. The molecular formula is C31H35Cl2N3O6S. The number of fused-ring (bicyclic) bond motifs is 1. The number of benzene rings is 3. The molecule has 0 aromatic heterocycles. The Labute approximate surface area is 262 Å². The summed E-state index contributed by atoms with van der Waals surface area (Å²) >= 11 is 12.6. The Morgan fingerprint density at radius 2 is 1.63 bits per heavy atom. The monoisotopic (exact) mass is 647 g/mol. The lowest BCUT2D eigenvalue weighted by Crippen LogP contribution is -2.56. The minimum absolute atomic E-state index is 0.0668. The Kier molecular flexibility index (Phi) is 10.1. The van der Waals surface area contributed by atoms with Crippen molar-refractivity contribution in [3.63, 3.8) is 0 Å². The maximum atomic E-state index is 14.3. The number of carbonyl (C=O) groups is 2. The van der Waals surface area contributed by atoms with Crippen molar-refractivity contribution in [3.05, 3.63) is 87.9 Å². The molecule has 0 bridgehead atoms. The van der Waals surface area contributed by atoms with Crippen LogP contribution in [0, 0.1) is 0 Å². The highest BCUT2D eigenvalue weighted by Crippen LogP contribution is 2.35. The third-order valence-corrected chi connectivity index (χ3v) is 8.35. The number of nitrogens with one attached hydrogen (secondary N) is 1. The minimum Gasteiger partial charge on any atom is -0.486 e. The fourth-order valence-corrected chi connectivity index (χ4v) is 5.95. The summed E-state index contributed by atoms with van der Waals surface area (Å²) in [4.78, 5) is 29.5. The second kappa shape index (κ2) is 13.4. The van der Waals surface area contributed by atoms with E-state index >= 15 is 0 Å². The number of amides is 2. The van der Waals surface area contributed by atoms with Crippen molar-refractivity contribution in [2.45, 2.75) is 45.3 Å². The smallest absolute Gasteiger partial charge is 0.244 e. The van der Waals surface area contributed by atoms with Gasteiger partial charge in [-0.15, -0.1) is 0 Å². The average molecular weight is 649 g/mol. The molecule has 1 atom stereocenters. The van der Waals surface area contributed by atoms with E-state index in [0.717, 1.165) is 16.1 Å². The first-order chi connectivity index (χ1) is 20.2. The van der Waals surface area contributed by atoms with Crippen LogP contribution in [0.5, 0.6) is 11.5 Å². The first-order valence-electron chi connectivity index (χ1n) is 13.7. The largest absolute Gasteiger partial charge is 0.486 e. The van der Waals surface area contributed by atoms with E-state index < -0.39 is 34.1 Å². The molecule has 3 aromatic carbocycles. The standard InChI is InChI=1S/C31H35Cl2N3O6S/c1-31(2,3)34-30(38)26(16-21-8-6-5-7-9-21)35(19-22-10-11-23(32)17-25(22)33)29(37)20-36(43(4,39)40)24-12-13-27-28(18-24)42-15-14-41-27/h5-13,17-18,26H,14-16,19-20H2,1-4H3,(H,34,38)/t26-/m1/s1. The van der Waals surface area contributed by atoms with Crippen molar-refractivity contribution in [2.75, 3.05) is 30.3 Å². The van der Waals surface area contributed by atoms with Gasteiger partial charge in [-0.2, -0.15) is 0 Å². The fraction of sp³-hybridized carbons (Fsp3) is 0.355. The Balaban J connectivity index is 1.76. The van der Waals surface area contributed by atoms with E-state index in [-0.39, 0.29) is 24.6 Å². The molecule has 0 saturated heterocycles. The molecule has 0 aliphatic carbocycles. The summed E-state index contributed by atoms with van der Waals surface area (Å²) in [5, 5.41) is 3.71. The van der Waals surface area contributed by atoms with Gasteiger partial charge >= 0.3 is 0 Å². The van der Waals surface area contributed by atoms with Crippen molar-refractivity contribution in [1.29, 1.82) is 0 Å². The third-order valence-electron chi connectivity index (χ3n) is 6.62. The van der Waals surface area contributed by atoms with Crippen LogP contribution in [0.1, 0.15) is 31.9 Å². The number of sulfonamides is 1. The molecule has 230 valence electrons. The van der Waals surface area contributed by atoms with Gasteiger partial charge < -0.3 is 19.7 Å². The molecule has 0 saturated carbocycles. The molecule has 12 heteroatoms. The van der Waals surface area contributed by atoms with Gasteiger partial charge in [0.1, 0.15) is 25.8 Å². The van der Waals surface area contributed by atoms with Gasteiger partial charge in [0.25, 0.3) is 0 Å². The number of carbonyl (C=O) groups excluding carboxylic acids is 2. The van der Waals surface area contributed by atoms with E-state index in [0.29, 0.717) is 40.3 Å². The molecule has 1 heterocycles. The average Bonchev–Trinajstić information content (AvgIpc) is 2.93. The van der Waals surface area contributed by atoms with Crippen LogP contribution in [0.2, 0.25) is 10.0 Å². The highest BCUT2D eigenvalue weighted by Gasteiger charge is 2.35. The van der Waals surface area contributed by atoms with Crippen molar-refractivity contribution < 1.29 is 27.5 Å². The van der Waals surface area contributed by atoms with Crippen molar-refractivity contribution in [1.82, 2.24) is 10.2 Å². The van der Waals surface area contributed by atoms with Gasteiger partial charge in [-0.05, 0) is 56.2 Å². The predicted octanol–water partition coefficient (Wildman–Crippen LogP) is 5.09. The molecule has 4 rings (SSSR count). The number of nitrogens with zero attached hydrogens (tertiary/aromatic N) is 2. The lowest BCUT2D eigenvalue weighted by Gasteiger charge is -2.35. The molecule has 0 spiro atoms. The van der Waals surface area contributed by atoms with Crippen LogP contribution in [-0.2, 0) is 32.6 Å². The van der Waals surface area contributed by atoms with Gasteiger partial charge in [0.15, 0.2) is 11.5 Å². The summed E-state index contributed by atoms with van der Waals surface area (Å²) in [7, 11) is -3.95. The number of anilines is 1. The van der Waals surface area contributed by atoms with E-state index in [1.807, 2.05) is 51.1 Å². The van der Waals surface area contributed by atoms with Gasteiger partial charge in [0.05, 0.1) is 11.9 Å². The van der Waals surface area contributed by atoms with Crippen LogP contribution in [0.3, 0.4) is 0 Å². The first kappa shape index (κ1) is 32.4. The highest BCUT2D eigenvalue weighted by atomic mass is 35.5. The van der Waals surface area contributed by atoms with Crippen LogP contribution in [0.25, 0.3) is 0 Å². The summed E-state index contributed by atoms with van der Waals surface area (Å²) in [6.45, 7) is 5.59. The fourth-order valence-electron chi connectivity index (χ4n) is 4.64. The van der Waals surface area contributed by atoms with Crippen LogP contribution in [0.15, 0.2) is 66.7 Å². The van der Waals surface area contributed by atoms with Gasteiger partial charge in [-0.1, -0.05) is 59.6 Å². The number of ether oxygens (including phenoxy) is 2. The lowest BCUT2D eigenvalue weighted by molar-refractivity contribution is -0.140. The maximum absolute atomic E-state index is 14.3. The van der Waals surface area contributed by atoms with E-state index in [9.17, 15) is 18.0 Å². The summed E-state index contributed by atoms with van der Waals surface area (Å²) in [5.74, 6) is -0.131.